The molecule has 1 unspecified atom stereocenters. The van der Waals surface area contributed by atoms with Crippen LogP contribution in [0.4, 0.5) is 5.69 Å². The second-order valence-corrected chi connectivity index (χ2v) is 8.43. The van der Waals surface area contributed by atoms with Crippen molar-refractivity contribution >= 4 is 21.6 Å². The lowest BCUT2D eigenvalue weighted by Gasteiger charge is -2.25. The Morgan fingerprint density at radius 3 is 2.44 bits per heavy atom. The minimum Gasteiger partial charge on any atom is -0.496 e. The molecular weight excluding hydrogens is 364 g/mol. The average Bonchev–Trinajstić information content (AvgIpc) is 2.61. The fraction of sp³-hybridized carbons (Fsp3) is 0.350. The lowest BCUT2D eigenvalue weighted by Crippen LogP contribution is -2.41. The molecule has 2 aromatic rings. The van der Waals surface area contributed by atoms with Crippen LogP contribution in [0.25, 0.3) is 0 Å². The second-order valence-electron chi connectivity index (χ2n) is 6.52. The van der Waals surface area contributed by atoms with E-state index in [1.165, 1.54) is 0 Å². The predicted octanol–water partition coefficient (Wildman–Crippen LogP) is 2.96. The highest BCUT2D eigenvalue weighted by atomic mass is 32.2. The topological polar surface area (TPSA) is 75.7 Å². The van der Waals surface area contributed by atoms with Crippen LogP contribution in [0.15, 0.2) is 42.5 Å². The zero-order chi connectivity index (χ0) is 20.2. The molecule has 27 heavy (non-hydrogen) atoms. The SMILES string of the molecule is COc1ccccc1C(C)NC(=O)CN(c1cccc(C)c1C)S(C)(=O)=O. The molecule has 0 saturated heterocycles. The highest BCUT2D eigenvalue weighted by Gasteiger charge is 2.24. The summed E-state index contributed by atoms with van der Waals surface area (Å²) in [7, 11) is -2.05. The largest absolute Gasteiger partial charge is 0.496 e. The minimum atomic E-state index is -3.62. The number of para-hydroxylation sites is 1. The number of hydrogen-bond donors (Lipinski definition) is 1. The number of ether oxygens (including phenoxy) is 1. The van der Waals surface area contributed by atoms with E-state index in [2.05, 4.69) is 5.32 Å². The third kappa shape index (κ3) is 5.01. The van der Waals surface area contributed by atoms with E-state index >= 15 is 0 Å². The van der Waals surface area contributed by atoms with E-state index in [-0.39, 0.29) is 18.5 Å². The van der Waals surface area contributed by atoms with Gasteiger partial charge < -0.3 is 10.1 Å². The quantitative estimate of drug-likeness (QED) is 0.789. The first-order valence-electron chi connectivity index (χ1n) is 8.61. The van der Waals surface area contributed by atoms with Crippen LogP contribution < -0.4 is 14.4 Å². The Kier molecular flexibility index (Phi) is 6.49. The molecule has 2 rings (SSSR count). The summed E-state index contributed by atoms with van der Waals surface area (Å²) in [6, 6.07) is 12.5. The first kappa shape index (κ1) is 20.8. The van der Waals surface area contributed by atoms with Crippen molar-refractivity contribution in [2.45, 2.75) is 26.8 Å². The van der Waals surface area contributed by atoms with E-state index in [9.17, 15) is 13.2 Å². The van der Waals surface area contributed by atoms with Gasteiger partial charge in [-0.2, -0.15) is 0 Å². The number of aryl methyl sites for hydroxylation is 1. The monoisotopic (exact) mass is 390 g/mol. The van der Waals surface area contributed by atoms with E-state index in [0.717, 1.165) is 27.3 Å². The summed E-state index contributed by atoms with van der Waals surface area (Å²) in [5.41, 5.74) is 3.13. The smallest absolute Gasteiger partial charge is 0.241 e. The van der Waals surface area contributed by atoms with Gasteiger partial charge in [-0.25, -0.2) is 8.42 Å². The highest BCUT2D eigenvalue weighted by Crippen LogP contribution is 2.26. The number of anilines is 1. The molecule has 146 valence electrons. The molecule has 0 aliphatic rings. The van der Waals surface area contributed by atoms with Crippen molar-refractivity contribution in [3.63, 3.8) is 0 Å². The van der Waals surface area contributed by atoms with Crippen molar-refractivity contribution in [3.05, 3.63) is 59.2 Å². The molecular formula is C20H26N2O4S. The Morgan fingerprint density at radius 2 is 1.81 bits per heavy atom. The first-order chi connectivity index (χ1) is 12.6. The lowest BCUT2D eigenvalue weighted by molar-refractivity contribution is -0.120. The second kappa shape index (κ2) is 8.43. The molecule has 7 heteroatoms. The number of carbonyl (C=O) groups excluding carboxylic acids is 1. The summed E-state index contributed by atoms with van der Waals surface area (Å²) >= 11 is 0. The summed E-state index contributed by atoms with van der Waals surface area (Å²) in [4.78, 5) is 12.6. The molecule has 1 amide bonds. The van der Waals surface area contributed by atoms with Crippen molar-refractivity contribution in [2.24, 2.45) is 0 Å². The summed E-state index contributed by atoms with van der Waals surface area (Å²) in [6.07, 6.45) is 1.10. The van der Waals surface area contributed by atoms with Gasteiger partial charge in [-0.3, -0.25) is 9.10 Å². The Morgan fingerprint density at radius 1 is 1.15 bits per heavy atom. The van der Waals surface area contributed by atoms with E-state index in [1.54, 1.807) is 19.2 Å². The van der Waals surface area contributed by atoms with Crippen molar-refractivity contribution in [2.75, 3.05) is 24.2 Å². The molecule has 6 nitrogen and oxygen atoms in total. The minimum absolute atomic E-state index is 0.289. The Labute approximate surface area is 161 Å². The zero-order valence-electron chi connectivity index (χ0n) is 16.3. The van der Waals surface area contributed by atoms with Gasteiger partial charge in [0.25, 0.3) is 0 Å². The number of benzene rings is 2. The van der Waals surface area contributed by atoms with Crippen LogP contribution in [-0.4, -0.2) is 34.2 Å². The molecule has 0 radical (unpaired) electrons. The Balaban J connectivity index is 2.23. The van der Waals surface area contributed by atoms with Gasteiger partial charge in [-0.05, 0) is 44.0 Å². The molecule has 0 aromatic heterocycles. The van der Waals surface area contributed by atoms with Gasteiger partial charge in [0.2, 0.25) is 15.9 Å². The number of methoxy groups -OCH3 is 1. The molecule has 0 bridgehead atoms. The molecule has 0 aliphatic carbocycles. The maximum absolute atomic E-state index is 12.6. The van der Waals surface area contributed by atoms with Crippen LogP contribution in [0.5, 0.6) is 5.75 Å². The van der Waals surface area contributed by atoms with Crippen LogP contribution in [0.1, 0.15) is 29.7 Å². The highest BCUT2D eigenvalue weighted by molar-refractivity contribution is 7.92. The normalized spacial score (nSPS) is 12.3. The number of sulfonamides is 1. The number of rotatable bonds is 7. The number of carbonyl (C=O) groups is 1. The standard InChI is InChI=1S/C20H26N2O4S/c1-14-9-8-11-18(15(14)2)22(27(5,24)25)13-20(23)21-16(3)17-10-6-7-12-19(17)26-4/h6-12,16H,13H2,1-5H3,(H,21,23). The average molecular weight is 391 g/mol. The predicted molar refractivity (Wildman–Crippen MR) is 108 cm³/mol. The first-order valence-corrected chi connectivity index (χ1v) is 10.5. The van der Waals surface area contributed by atoms with Crippen LogP contribution in [0.3, 0.4) is 0 Å². The third-order valence-corrected chi connectivity index (χ3v) is 5.64. The summed E-state index contributed by atoms with van der Waals surface area (Å²) < 4.78 is 31.1. The molecule has 0 fully saturated rings. The third-order valence-electron chi connectivity index (χ3n) is 4.52. The number of nitrogens with zero attached hydrogens (tertiary/aromatic N) is 1. The summed E-state index contributed by atoms with van der Waals surface area (Å²) in [5.74, 6) is 0.277. The number of hydrogen-bond acceptors (Lipinski definition) is 4. The fourth-order valence-corrected chi connectivity index (χ4v) is 3.81. The van der Waals surface area contributed by atoms with Gasteiger partial charge in [0.05, 0.1) is 25.1 Å². The maximum Gasteiger partial charge on any atom is 0.241 e. The van der Waals surface area contributed by atoms with Crippen LogP contribution in [0.2, 0.25) is 0 Å². The van der Waals surface area contributed by atoms with Gasteiger partial charge in [0, 0.05) is 5.56 Å². The van der Waals surface area contributed by atoms with Gasteiger partial charge in [-0.15, -0.1) is 0 Å². The van der Waals surface area contributed by atoms with E-state index in [0.29, 0.717) is 11.4 Å². The van der Waals surface area contributed by atoms with Crippen LogP contribution in [-0.2, 0) is 14.8 Å². The van der Waals surface area contributed by atoms with E-state index in [1.807, 2.05) is 51.1 Å². The van der Waals surface area contributed by atoms with Crippen molar-refractivity contribution in [1.29, 1.82) is 0 Å². The van der Waals surface area contributed by atoms with E-state index < -0.39 is 10.0 Å². The van der Waals surface area contributed by atoms with Crippen molar-refractivity contribution < 1.29 is 17.9 Å². The molecule has 2 aromatic carbocycles. The number of amides is 1. The van der Waals surface area contributed by atoms with Gasteiger partial charge in [0.1, 0.15) is 12.3 Å². The Hall–Kier alpha value is -2.54. The van der Waals surface area contributed by atoms with Gasteiger partial charge in [-0.1, -0.05) is 30.3 Å². The summed E-state index contributed by atoms with van der Waals surface area (Å²) in [6.45, 7) is 5.29. The van der Waals surface area contributed by atoms with E-state index in [4.69, 9.17) is 4.74 Å². The van der Waals surface area contributed by atoms with Gasteiger partial charge in [0.15, 0.2) is 0 Å². The Bertz CT molecular complexity index is 925. The molecule has 0 aliphatic heterocycles. The maximum atomic E-state index is 12.6. The van der Waals surface area contributed by atoms with Crippen LogP contribution >= 0.6 is 0 Å². The van der Waals surface area contributed by atoms with Crippen molar-refractivity contribution in [1.82, 2.24) is 5.32 Å². The lowest BCUT2D eigenvalue weighted by atomic mass is 10.1. The molecule has 1 N–H and O–H groups in total. The molecule has 1 atom stereocenters. The molecule has 0 saturated carbocycles. The number of nitrogens with one attached hydrogen (secondary N) is 1. The van der Waals surface area contributed by atoms with Gasteiger partial charge >= 0.3 is 0 Å². The molecule has 0 spiro atoms. The zero-order valence-corrected chi connectivity index (χ0v) is 17.1. The fourth-order valence-electron chi connectivity index (χ4n) is 2.91. The van der Waals surface area contributed by atoms with Crippen molar-refractivity contribution in [3.8, 4) is 5.75 Å². The van der Waals surface area contributed by atoms with Crippen LogP contribution in [0, 0.1) is 13.8 Å². The molecule has 0 heterocycles. The summed E-state index contributed by atoms with van der Waals surface area (Å²) in [5, 5.41) is 2.85.